The second kappa shape index (κ2) is 2.71. The number of nitrogens with zero attached hydrogens (tertiary/aromatic N) is 1. The molecule has 2 heterocycles. The summed E-state index contributed by atoms with van der Waals surface area (Å²) >= 11 is 7.71. The summed E-state index contributed by atoms with van der Waals surface area (Å²) in [5.41, 5.74) is 1.20. The molecular weight excluding hydrogens is 190 g/mol. The predicted molar refractivity (Wildman–Crippen MR) is 54.1 cm³/mol. The molecule has 2 aromatic heterocycles. The molecule has 0 bridgehead atoms. The first-order chi connectivity index (χ1) is 5.68. The second-order valence-corrected chi connectivity index (χ2v) is 4.45. The van der Waals surface area contributed by atoms with Gasteiger partial charge in [0, 0.05) is 21.2 Å². The summed E-state index contributed by atoms with van der Waals surface area (Å²) < 4.78 is 1.26. The van der Waals surface area contributed by atoms with Crippen LogP contribution in [0.4, 0.5) is 0 Å². The first-order valence-corrected chi connectivity index (χ1v) is 4.89. The highest BCUT2D eigenvalue weighted by Gasteiger charge is 2.05. The molecule has 0 fully saturated rings. The molecular formula is C9H8ClNS. The molecule has 0 radical (unpaired) electrons. The van der Waals surface area contributed by atoms with Crippen molar-refractivity contribution in [3.05, 3.63) is 27.9 Å². The fourth-order valence-electron chi connectivity index (χ4n) is 1.24. The lowest BCUT2D eigenvalue weighted by molar-refractivity contribution is 1.32. The molecule has 3 heteroatoms. The van der Waals surface area contributed by atoms with Crippen LogP contribution >= 0.6 is 22.9 Å². The maximum atomic E-state index is 5.94. The Kier molecular flexibility index (Phi) is 1.81. The Labute approximate surface area is 80.0 Å². The lowest BCUT2D eigenvalue weighted by Crippen LogP contribution is -1.77. The largest absolute Gasteiger partial charge is 0.244 e. The number of fused-ring (bicyclic) bond motifs is 1. The lowest BCUT2D eigenvalue weighted by atomic mass is 10.2. The number of hydrogen-bond donors (Lipinski definition) is 0. The summed E-state index contributed by atoms with van der Waals surface area (Å²) in [6, 6.07) is 2.09. The Bertz CT molecular complexity index is 394. The predicted octanol–water partition coefficient (Wildman–Crippen LogP) is 3.57. The highest BCUT2D eigenvalue weighted by atomic mass is 35.5. The van der Waals surface area contributed by atoms with E-state index in [0.29, 0.717) is 5.15 Å². The zero-order valence-corrected chi connectivity index (χ0v) is 8.46. The highest BCUT2D eigenvalue weighted by Crippen LogP contribution is 2.31. The molecule has 0 unspecified atom stereocenters. The van der Waals surface area contributed by atoms with Crippen LogP contribution in [0.1, 0.15) is 10.4 Å². The monoisotopic (exact) mass is 197 g/mol. The van der Waals surface area contributed by atoms with Crippen molar-refractivity contribution in [3.8, 4) is 0 Å². The van der Waals surface area contributed by atoms with Crippen LogP contribution in [0.15, 0.2) is 12.3 Å². The normalized spacial score (nSPS) is 10.9. The van der Waals surface area contributed by atoms with Crippen LogP contribution in [0.2, 0.25) is 5.15 Å². The molecule has 0 aliphatic rings. The minimum Gasteiger partial charge on any atom is -0.244 e. The van der Waals surface area contributed by atoms with E-state index in [4.69, 9.17) is 11.6 Å². The van der Waals surface area contributed by atoms with Crippen molar-refractivity contribution in [2.45, 2.75) is 13.8 Å². The molecule has 0 amide bonds. The highest BCUT2D eigenvalue weighted by molar-refractivity contribution is 7.19. The van der Waals surface area contributed by atoms with Crippen molar-refractivity contribution in [2.75, 3.05) is 0 Å². The van der Waals surface area contributed by atoms with Crippen LogP contribution in [-0.4, -0.2) is 4.98 Å². The molecule has 12 heavy (non-hydrogen) atoms. The molecule has 2 aromatic rings. The summed E-state index contributed by atoms with van der Waals surface area (Å²) in [7, 11) is 0. The Morgan fingerprint density at radius 1 is 1.42 bits per heavy atom. The van der Waals surface area contributed by atoms with Crippen LogP contribution in [-0.2, 0) is 0 Å². The van der Waals surface area contributed by atoms with Gasteiger partial charge in [-0.1, -0.05) is 11.6 Å². The maximum Gasteiger partial charge on any atom is 0.137 e. The number of aromatic nitrogens is 1. The fraction of sp³-hybridized carbons (Fsp3) is 0.222. The van der Waals surface area contributed by atoms with E-state index in [1.165, 1.54) is 15.1 Å². The van der Waals surface area contributed by atoms with Crippen LogP contribution in [0.25, 0.3) is 10.1 Å². The first kappa shape index (κ1) is 8.02. The van der Waals surface area contributed by atoms with Gasteiger partial charge in [-0.3, -0.25) is 0 Å². The third kappa shape index (κ3) is 1.11. The van der Waals surface area contributed by atoms with Crippen LogP contribution in [0.3, 0.4) is 0 Å². The molecule has 0 spiro atoms. The number of halogens is 1. The molecule has 0 aliphatic heterocycles. The molecule has 0 aliphatic carbocycles. The molecule has 0 aromatic carbocycles. The van der Waals surface area contributed by atoms with E-state index in [1.807, 2.05) is 6.20 Å². The Hall–Kier alpha value is -0.600. The van der Waals surface area contributed by atoms with Gasteiger partial charge in [-0.15, -0.1) is 11.3 Å². The van der Waals surface area contributed by atoms with E-state index in [1.54, 1.807) is 11.3 Å². The van der Waals surface area contributed by atoms with Gasteiger partial charge >= 0.3 is 0 Å². The van der Waals surface area contributed by atoms with Gasteiger partial charge in [-0.2, -0.15) is 0 Å². The lowest BCUT2D eigenvalue weighted by Gasteiger charge is -1.95. The van der Waals surface area contributed by atoms with Gasteiger partial charge in [0.05, 0.1) is 0 Å². The van der Waals surface area contributed by atoms with Crippen molar-refractivity contribution in [1.82, 2.24) is 4.98 Å². The number of thiophene rings is 1. The van der Waals surface area contributed by atoms with E-state index >= 15 is 0 Å². The zero-order chi connectivity index (χ0) is 8.72. The van der Waals surface area contributed by atoms with Crippen molar-refractivity contribution < 1.29 is 0 Å². The Morgan fingerprint density at radius 2 is 2.17 bits per heavy atom. The standard InChI is InChI=1S/C9H8ClNS/c1-5-4-11-9(10)7-3-6(2)12-8(5)7/h3-4H,1-2H3. The van der Waals surface area contributed by atoms with Crippen molar-refractivity contribution >= 4 is 33.0 Å². The number of hydrogen-bond acceptors (Lipinski definition) is 2. The van der Waals surface area contributed by atoms with Gasteiger partial charge in [0.2, 0.25) is 0 Å². The Morgan fingerprint density at radius 3 is 2.83 bits per heavy atom. The topological polar surface area (TPSA) is 12.9 Å². The van der Waals surface area contributed by atoms with E-state index in [9.17, 15) is 0 Å². The van der Waals surface area contributed by atoms with E-state index in [2.05, 4.69) is 24.9 Å². The van der Waals surface area contributed by atoms with E-state index < -0.39 is 0 Å². The summed E-state index contributed by atoms with van der Waals surface area (Å²) in [5.74, 6) is 0. The molecule has 0 N–H and O–H groups in total. The SMILES string of the molecule is Cc1cc2c(Cl)ncc(C)c2s1. The first-order valence-electron chi connectivity index (χ1n) is 3.70. The minimum atomic E-state index is 0.611. The maximum absolute atomic E-state index is 5.94. The van der Waals surface area contributed by atoms with Gasteiger partial charge in [0.25, 0.3) is 0 Å². The number of rotatable bonds is 0. The smallest absolute Gasteiger partial charge is 0.137 e. The second-order valence-electron chi connectivity index (χ2n) is 2.83. The van der Waals surface area contributed by atoms with Gasteiger partial charge < -0.3 is 0 Å². The molecule has 0 atom stereocenters. The molecule has 0 saturated heterocycles. The molecule has 2 rings (SSSR count). The summed E-state index contributed by atoms with van der Waals surface area (Å²) in [6.07, 6.45) is 1.82. The van der Waals surface area contributed by atoms with Crippen molar-refractivity contribution in [3.63, 3.8) is 0 Å². The third-order valence-electron chi connectivity index (χ3n) is 1.81. The summed E-state index contributed by atoms with van der Waals surface area (Å²) in [6.45, 7) is 4.14. The minimum absolute atomic E-state index is 0.611. The van der Waals surface area contributed by atoms with Crippen molar-refractivity contribution in [2.24, 2.45) is 0 Å². The quantitative estimate of drug-likeness (QED) is 0.589. The van der Waals surface area contributed by atoms with Gasteiger partial charge in [-0.05, 0) is 25.5 Å². The molecule has 1 nitrogen and oxygen atoms in total. The van der Waals surface area contributed by atoms with Crippen molar-refractivity contribution in [1.29, 1.82) is 0 Å². The van der Waals surface area contributed by atoms with Gasteiger partial charge in [0.1, 0.15) is 5.15 Å². The van der Waals surface area contributed by atoms with Crippen LogP contribution < -0.4 is 0 Å². The molecule has 0 saturated carbocycles. The molecule has 62 valence electrons. The average molecular weight is 198 g/mol. The van der Waals surface area contributed by atoms with Gasteiger partial charge in [-0.25, -0.2) is 4.98 Å². The van der Waals surface area contributed by atoms with E-state index in [0.717, 1.165) is 5.39 Å². The van der Waals surface area contributed by atoms with Crippen LogP contribution in [0, 0.1) is 13.8 Å². The van der Waals surface area contributed by atoms with Crippen LogP contribution in [0.5, 0.6) is 0 Å². The summed E-state index contributed by atoms with van der Waals surface area (Å²) in [4.78, 5) is 5.37. The van der Waals surface area contributed by atoms with E-state index in [-0.39, 0.29) is 0 Å². The third-order valence-corrected chi connectivity index (χ3v) is 3.29. The van der Waals surface area contributed by atoms with Gasteiger partial charge in [0.15, 0.2) is 0 Å². The summed E-state index contributed by atoms with van der Waals surface area (Å²) in [5, 5.41) is 1.69. The zero-order valence-electron chi connectivity index (χ0n) is 6.89. The number of pyridine rings is 1. The fourth-order valence-corrected chi connectivity index (χ4v) is 2.47. The Balaban J connectivity index is 2.93. The number of aryl methyl sites for hydroxylation is 2. The average Bonchev–Trinajstić information content (AvgIpc) is 2.41.